The van der Waals surface area contributed by atoms with E-state index in [0.29, 0.717) is 0 Å². The Hall–Kier alpha value is -4.65. The Morgan fingerprint density at radius 1 is 0.387 bits per heavy atom. The molecule has 0 bridgehead atoms. The molecule has 0 radical (unpaired) electrons. The number of nitrogens with zero attached hydrogens (tertiary/aromatic N) is 12. The van der Waals surface area contributed by atoms with Crippen LogP contribution in [0, 0.1) is 141 Å². The molecule has 0 fully saturated rings. The van der Waals surface area contributed by atoms with Crippen molar-refractivity contribution < 1.29 is 49.3 Å². The minimum absolute atomic E-state index is 0. The van der Waals surface area contributed by atoms with Crippen molar-refractivity contribution in [2.24, 2.45) is 0 Å². The summed E-state index contributed by atoms with van der Waals surface area (Å²) >= 11 is 4.62. The second kappa shape index (κ2) is 2150. The Kier molecular flexibility index (Phi) is 9100. The Labute approximate surface area is 226 Å². The Morgan fingerprint density at radius 3 is 0.387 bits per heavy atom. The Bertz CT molecular complexity index is 358. The standard InChI is InChI=1S/2CHNO.10CN.Ca.2Co.2O/c2*2-1-3;10*1-2;;;;;/h2*3H;;;;;;;;;;;;;;;/q;;10*-1;+2;;;;. The van der Waals surface area contributed by atoms with Crippen LogP contribution >= 0.6 is 0 Å². The van der Waals surface area contributed by atoms with Crippen LogP contribution in [-0.4, -0.2) is 48.0 Å². The molecule has 162 valence electrons. The average molecular weight is 536 g/mol. The van der Waals surface area contributed by atoms with E-state index in [1.165, 1.54) is 0 Å². The molecule has 0 aromatic carbocycles. The fourth-order valence-corrected chi connectivity index (χ4v) is 0. The van der Waals surface area contributed by atoms with Gasteiger partial charge in [-0.15, -0.1) is 0 Å². The van der Waals surface area contributed by atoms with E-state index in [1.54, 1.807) is 0 Å². The van der Waals surface area contributed by atoms with E-state index in [0.717, 1.165) is 12.5 Å². The van der Waals surface area contributed by atoms with Gasteiger partial charge in [0.25, 0.3) is 12.5 Å². The molecule has 19 heteroatoms. The van der Waals surface area contributed by atoms with E-state index in [9.17, 15) is 0 Å². The average Bonchev–Trinajstić information content (AvgIpc) is 2.94. The summed E-state index contributed by atoms with van der Waals surface area (Å²) in [5, 5.41) is 90.0. The molecule has 0 aliphatic heterocycles. The number of aliphatic hydroxyl groups is 2. The van der Waals surface area contributed by atoms with E-state index < -0.39 is 0 Å². The Balaban J connectivity index is -0.00000000685. The molecule has 16 nitrogen and oxygen atoms in total. The first kappa shape index (κ1) is 131. The van der Waals surface area contributed by atoms with Gasteiger partial charge in [-0.3, -0.25) is 0 Å². The third kappa shape index (κ3) is 640. The molecule has 0 saturated heterocycles. The van der Waals surface area contributed by atoms with Crippen molar-refractivity contribution in [1.82, 2.24) is 0 Å². The van der Waals surface area contributed by atoms with Gasteiger partial charge >= 0.3 is 76.8 Å². The van der Waals surface area contributed by atoms with Gasteiger partial charge in [0.05, 0.1) is 0 Å². The normalized spacial score (nSPS) is 1.42. The molecule has 0 aromatic heterocycles. The van der Waals surface area contributed by atoms with Crippen LogP contribution in [0.15, 0.2) is 0 Å². The summed E-state index contributed by atoms with van der Waals surface area (Å²) in [6, 6.07) is 0. The SMILES string of the molecule is N#CO.N#CO.[C-]#N.[C-]#N.[C-]#N.[C-]#N.[C-]#N.[C-]#N.[C-]#N.[C-]#N.[C-]#N.[C-]#N.[Ca+2].[O]=[Co].[O]=[Co]. The summed E-state index contributed by atoms with van der Waals surface area (Å²) in [5.74, 6) is 0. The molecule has 31 heavy (non-hydrogen) atoms. The van der Waals surface area contributed by atoms with Gasteiger partial charge in [0, 0.05) is 0 Å². The minimum atomic E-state index is 0. The first-order valence-corrected chi connectivity index (χ1v) is 4.25. The van der Waals surface area contributed by atoms with Gasteiger partial charge in [-0.2, -0.15) is 10.5 Å². The third-order valence-electron chi connectivity index (χ3n) is 0. The van der Waals surface area contributed by atoms with Gasteiger partial charge in [0.15, 0.2) is 0 Å². The molecular formula is C12H2CaCo2N12O4-8. The van der Waals surface area contributed by atoms with Crippen molar-refractivity contribution in [1.29, 1.82) is 63.1 Å². The van der Waals surface area contributed by atoms with Crippen molar-refractivity contribution in [2.75, 3.05) is 0 Å². The Morgan fingerprint density at radius 2 is 0.387 bits per heavy atom. The molecule has 0 aliphatic carbocycles. The van der Waals surface area contributed by atoms with Gasteiger partial charge in [0.2, 0.25) is 0 Å². The van der Waals surface area contributed by atoms with Gasteiger partial charge < -0.3 is 129 Å². The van der Waals surface area contributed by atoms with Crippen LogP contribution in [0.3, 0.4) is 0 Å². The second-order valence-corrected chi connectivity index (χ2v) is 0.200. The molecule has 0 heterocycles. The predicted molar refractivity (Wildman–Crippen MR) is 71.9 cm³/mol. The second-order valence-electron chi connectivity index (χ2n) is 0.200. The number of rotatable bonds is 0. The van der Waals surface area contributed by atoms with Gasteiger partial charge in [-0.05, 0) is 0 Å². The van der Waals surface area contributed by atoms with E-state index in [-0.39, 0.29) is 37.7 Å². The fraction of sp³-hybridized carbons (Fsp3) is 0. The summed E-state index contributed by atoms with van der Waals surface area (Å²) < 4.78 is 15.9. The van der Waals surface area contributed by atoms with Crippen LogP contribution in [0.4, 0.5) is 0 Å². The summed E-state index contributed by atoms with van der Waals surface area (Å²) in [4.78, 5) is 0. The van der Waals surface area contributed by atoms with E-state index in [4.69, 9.17) is 147 Å². The maximum atomic E-state index is 7.94. The molecular weight excluding hydrogens is 534 g/mol. The van der Waals surface area contributed by atoms with Crippen LogP contribution < -0.4 is 0 Å². The van der Waals surface area contributed by atoms with Crippen molar-refractivity contribution in [3.05, 3.63) is 65.7 Å². The topological polar surface area (TPSA) is 360 Å². The number of hydrogen-bond donors (Lipinski definition) is 2. The van der Waals surface area contributed by atoms with E-state index in [2.05, 4.69) is 31.3 Å². The number of hydrogen-bond acceptors (Lipinski definition) is 16. The van der Waals surface area contributed by atoms with Crippen molar-refractivity contribution in [3.8, 4) is 12.5 Å². The summed E-state index contributed by atoms with van der Waals surface area (Å²) in [7, 11) is 0. The molecule has 0 aromatic rings. The monoisotopic (exact) mass is 536 g/mol. The molecule has 0 rings (SSSR count). The van der Waals surface area contributed by atoms with Crippen LogP contribution in [0.1, 0.15) is 0 Å². The molecule has 2 N–H and O–H groups in total. The van der Waals surface area contributed by atoms with Gasteiger partial charge in [-0.1, -0.05) is 0 Å². The van der Waals surface area contributed by atoms with Gasteiger partial charge in [0.1, 0.15) is 0 Å². The van der Waals surface area contributed by atoms with Crippen LogP contribution in [0.5, 0.6) is 0 Å². The predicted octanol–water partition coefficient (Wildman–Crippen LogP) is 0.0203. The van der Waals surface area contributed by atoms with Crippen LogP contribution in [0.2, 0.25) is 0 Å². The summed E-state index contributed by atoms with van der Waals surface area (Å²) in [5.41, 5.74) is 0. The molecule has 0 amide bonds. The molecule has 0 aliphatic rings. The zero-order valence-corrected chi connectivity index (χ0v) is 18.7. The van der Waals surface area contributed by atoms with E-state index >= 15 is 0 Å². The molecule has 0 spiro atoms. The zero-order valence-electron chi connectivity index (χ0n) is 14.5. The van der Waals surface area contributed by atoms with E-state index in [1.807, 2.05) is 0 Å². The molecule has 0 saturated carbocycles. The zero-order chi connectivity index (χ0) is 29.4. The first-order valence-electron chi connectivity index (χ1n) is 3.40. The number of aliphatic hydroxyl groups excluding tert-OH is 2. The first-order chi connectivity index (χ1) is 14.8. The fourth-order valence-electron chi connectivity index (χ4n) is 0. The summed E-state index contributed by atoms with van der Waals surface area (Å²) in [6.07, 6.45) is 1.50. The van der Waals surface area contributed by atoms with Crippen molar-refractivity contribution in [3.63, 3.8) is 0 Å². The maximum absolute atomic E-state index is 7.94. The van der Waals surface area contributed by atoms with Crippen LogP contribution in [0.25, 0.3) is 0 Å². The molecule has 0 unspecified atom stereocenters. The van der Waals surface area contributed by atoms with Crippen molar-refractivity contribution in [2.45, 2.75) is 0 Å². The van der Waals surface area contributed by atoms with Crippen LogP contribution in [-0.2, 0) is 39.1 Å². The molecule has 0 atom stereocenters. The van der Waals surface area contributed by atoms with Gasteiger partial charge in [-0.25, -0.2) is 0 Å². The number of nitriles is 2. The quantitative estimate of drug-likeness (QED) is 0.234. The summed E-state index contributed by atoms with van der Waals surface area (Å²) in [6.45, 7) is 47.5. The third-order valence-corrected chi connectivity index (χ3v) is 0. The van der Waals surface area contributed by atoms with Crippen molar-refractivity contribution >= 4 is 37.7 Å².